The minimum atomic E-state index is -1.95. The van der Waals surface area contributed by atoms with Crippen LogP contribution in [-0.4, -0.2) is 110 Å². The van der Waals surface area contributed by atoms with Gasteiger partial charge in [0.25, 0.3) is 17.2 Å². The van der Waals surface area contributed by atoms with Gasteiger partial charge in [0.2, 0.25) is 18.1 Å². The summed E-state index contributed by atoms with van der Waals surface area (Å²) in [5.41, 5.74) is 4.06. The summed E-state index contributed by atoms with van der Waals surface area (Å²) in [5.74, 6) is -5.09. The van der Waals surface area contributed by atoms with Gasteiger partial charge in [-0.15, -0.1) is 0 Å². The molecule has 2 saturated heterocycles. The highest BCUT2D eigenvalue weighted by Gasteiger charge is 2.55. The van der Waals surface area contributed by atoms with Crippen LogP contribution in [0.15, 0.2) is 58.0 Å². The zero-order chi connectivity index (χ0) is 39.4. The molecule has 21 nitrogen and oxygen atoms in total. The van der Waals surface area contributed by atoms with E-state index in [-0.39, 0.29) is 11.7 Å². The van der Waals surface area contributed by atoms with Gasteiger partial charge in [-0.1, -0.05) is 12.1 Å². The Morgan fingerprint density at radius 1 is 1.11 bits per heavy atom. The molecule has 7 N–H and O–H groups in total. The van der Waals surface area contributed by atoms with Gasteiger partial charge in [0.05, 0.1) is 10.8 Å². The third kappa shape index (κ3) is 8.66. The first-order valence-electron chi connectivity index (χ1n) is 16.8. The van der Waals surface area contributed by atoms with Crippen LogP contribution < -0.4 is 27.6 Å². The lowest BCUT2D eigenvalue weighted by atomic mass is 10.0. The smallest absolute Gasteiger partial charge is 0.330 e. The number of H-pyrrole nitrogens is 1. The van der Waals surface area contributed by atoms with E-state index in [9.17, 15) is 49.1 Å². The van der Waals surface area contributed by atoms with Gasteiger partial charge in [-0.25, -0.2) is 4.79 Å². The summed E-state index contributed by atoms with van der Waals surface area (Å²) < 4.78 is 29.6. The van der Waals surface area contributed by atoms with Crippen LogP contribution in [0, 0.1) is 10.1 Å². The maximum Gasteiger partial charge on any atom is 0.330 e. The number of carbonyl (C=O) groups is 4. The maximum absolute atomic E-state index is 13.5. The number of methoxy groups -OCH3 is 1. The molecule has 1 unspecified atom stereocenters. The van der Waals surface area contributed by atoms with Crippen LogP contribution in [0.4, 0.5) is 5.69 Å². The second-order valence-corrected chi connectivity index (χ2v) is 13.0. The van der Waals surface area contributed by atoms with Crippen molar-refractivity contribution in [3.63, 3.8) is 0 Å². The number of nitro groups is 1. The van der Waals surface area contributed by atoms with Gasteiger partial charge in [-0.05, 0) is 44.7 Å². The molecular formula is C33H40N6O15. The van der Waals surface area contributed by atoms with E-state index in [2.05, 4.69) is 10.6 Å². The molecule has 1 aromatic heterocycles. The molecule has 5 rings (SSSR count). The maximum atomic E-state index is 13.5. The second kappa shape index (κ2) is 16.7. The molecule has 1 aromatic carbocycles. The predicted molar refractivity (Wildman–Crippen MR) is 180 cm³/mol. The Kier molecular flexibility index (Phi) is 12.3. The molecule has 0 spiro atoms. The Hall–Kier alpha value is -5.48. The highest BCUT2D eigenvalue weighted by Crippen LogP contribution is 2.37. The third-order valence-electron chi connectivity index (χ3n) is 9.25. The molecule has 21 heteroatoms. The fourth-order valence-electron chi connectivity index (χ4n) is 6.29. The lowest BCUT2D eigenvalue weighted by Crippen LogP contribution is -2.54. The molecule has 2 aromatic rings. The fourth-order valence-corrected chi connectivity index (χ4v) is 6.29. The van der Waals surface area contributed by atoms with Crippen LogP contribution in [0.2, 0.25) is 0 Å². The number of ether oxygens (including phenoxy) is 5. The number of carbonyl (C=O) groups excluding carboxylic acids is 4. The number of aromatic amines is 1. The highest BCUT2D eigenvalue weighted by atomic mass is 16.7. The molecule has 11 atom stereocenters. The third-order valence-corrected chi connectivity index (χ3v) is 9.25. The van der Waals surface area contributed by atoms with Crippen LogP contribution in [0.5, 0.6) is 0 Å². The number of hydrogen-bond donors (Lipinski definition) is 6. The molecule has 3 aliphatic heterocycles. The number of nitrogens with one attached hydrogen (secondary N) is 3. The van der Waals surface area contributed by atoms with Gasteiger partial charge in [0, 0.05) is 37.5 Å². The molecule has 3 amide bonds. The fraction of sp³-hybridized carbons (Fsp3) is 0.515. The minimum absolute atomic E-state index is 0.109. The van der Waals surface area contributed by atoms with Crippen molar-refractivity contribution in [3.8, 4) is 0 Å². The van der Waals surface area contributed by atoms with E-state index in [4.69, 9.17) is 29.4 Å². The van der Waals surface area contributed by atoms with E-state index in [1.54, 1.807) is 0 Å². The van der Waals surface area contributed by atoms with E-state index < -0.39 is 107 Å². The van der Waals surface area contributed by atoms with Crippen molar-refractivity contribution < 1.29 is 58.0 Å². The largest absolute Gasteiger partial charge is 0.456 e. The summed E-state index contributed by atoms with van der Waals surface area (Å²) in [5, 5.41) is 37.8. The number of hydrogen-bond acceptors (Lipinski definition) is 15. The van der Waals surface area contributed by atoms with Crippen LogP contribution in [0.25, 0.3) is 0 Å². The standard InChI is InChI=1S/C33H40N6O15/c1-14-5-4-6-18(28(44)35-14)36-29(45)20-13-19(40)22(42)32(51-20)54-25(27(34)43)24-23(50-3)26(30(52-24)38-12-11-21(41)37-33(38)47)53-31(46)15(2)16-7-9-17(10-8-16)39(48)49/h7-15,18-19,22-26,30,32,40,42H,4-6H2,1-3H3,(H2,34,43)(H,35,44)(H,36,45)(H,37,41,47)/t14-,15?,18+,19+,22+,23-,24+,25-,26-,30-,32-/m1/s1. The van der Waals surface area contributed by atoms with E-state index in [0.717, 1.165) is 30.0 Å². The Balaban J connectivity index is 1.40. The van der Waals surface area contributed by atoms with E-state index in [1.807, 2.05) is 11.9 Å². The number of nitro benzene ring substituents is 1. The lowest BCUT2D eigenvalue weighted by Gasteiger charge is -2.35. The topological polar surface area (TPSA) is 303 Å². The molecule has 0 bridgehead atoms. The van der Waals surface area contributed by atoms with Crippen LogP contribution in [0.1, 0.15) is 50.8 Å². The van der Waals surface area contributed by atoms with Gasteiger partial charge >= 0.3 is 11.7 Å². The first kappa shape index (κ1) is 39.7. The van der Waals surface area contributed by atoms with Gasteiger partial charge < -0.3 is 50.3 Å². The molecule has 4 heterocycles. The van der Waals surface area contributed by atoms with Crippen molar-refractivity contribution in [1.29, 1.82) is 0 Å². The van der Waals surface area contributed by atoms with Crippen molar-refractivity contribution in [1.82, 2.24) is 20.2 Å². The SMILES string of the molecule is CO[C@H]1[C@@H](OC(=O)C(C)c2ccc([N+](=O)[O-])cc2)[C@H](n2ccc(=O)[nH]c2=O)O[C@@H]1[C@@H](O[C@H]1OC(C(=O)N[C@H]2CCC[C@@H](C)NC2=O)=C[C@H](O)[C@@H]1O)C(N)=O. The number of nitrogens with two attached hydrogens (primary N) is 1. The number of esters is 1. The number of primary amides is 1. The van der Waals surface area contributed by atoms with Crippen LogP contribution in [0.3, 0.4) is 0 Å². The van der Waals surface area contributed by atoms with Crippen molar-refractivity contribution >= 4 is 29.4 Å². The quantitative estimate of drug-likeness (QED) is 0.0781. The first-order chi connectivity index (χ1) is 25.6. The second-order valence-electron chi connectivity index (χ2n) is 13.0. The Bertz CT molecular complexity index is 1900. The minimum Gasteiger partial charge on any atom is -0.456 e. The number of amides is 3. The molecule has 0 saturated carbocycles. The number of aliphatic hydroxyl groups excluding tert-OH is 2. The average Bonchev–Trinajstić information content (AvgIpc) is 3.38. The van der Waals surface area contributed by atoms with Gasteiger partial charge in [-0.3, -0.25) is 43.6 Å². The average molecular weight is 761 g/mol. The summed E-state index contributed by atoms with van der Waals surface area (Å²) in [4.78, 5) is 89.6. The molecule has 0 aliphatic carbocycles. The number of aromatic nitrogens is 2. The summed E-state index contributed by atoms with van der Waals surface area (Å²) in [7, 11) is 1.16. The van der Waals surface area contributed by atoms with E-state index in [0.29, 0.717) is 24.8 Å². The highest BCUT2D eigenvalue weighted by molar-refractivity contribution is 5.95. The zero-order valence-electron chi connectivity index (χ0n) is 29.2. The van der Waals surface area contributed by atoms with Gasteiger partial charge in [-0.2, -0.15) is 0 Å². The van der Waals surface area contributed by atoms with Gasteiger partial charge in [0.1, 0.15) is 30.5 Å². The Labute approximate surface area is 305 Å². The summed E-state index contributed by atoms with van der Waals surface area (Å²) in [6.45, 7) is 3.27. The number of nitrogens with zero attached hydrogens (tertiary/aromatic N) is 2. The molecule has 2 fully saturated rings. The number of non-ortho nitro benzene ring substituents is 1. The van der Waals surface area contributed by atoms with Crippen LogP contribution >= 0.6 is 0 Å². The van der Waals surface area contributed by atoms with Crippen molar-refractivity contribution in [2.24, 2.45) is 5.73 Å². The summed E-state index contributed by atoms with van der Waals surface area (Å²) in [6.07, 6.45) is -10.3. The summed E-state index contributed by atoms with van der Waals surface area (Å²) in [6, 6.07) is 5.03. The number of benzene rings is 1. The van der Waals surface area contributed by atoms with E-state index >= 15 is 0 Å². The predicted octanol–water partition coefficient (Wildman–Crippen LogP) is -1.92. The van der Waals surface area contributed by atoms with Gasteiger partial charge in [0.15, 0.2) is 24.2 Å². The summed E-state index contributed by atoms with van der Waals surface area (Å²) >= 11 is 0. The lowest BCUT2D eigenvalue weighted by molar-refractivity contribution is -0.384. The van der Waals surface area contributed by atoms with Crippen molar-refractivity contribution in [3.05, 3.63) is 84.9 Å². The molecular weight excluding hydrogens is 720 g/mol. The monoisotopic (exact) mass is 760 g/mol. The molecule has 3 aliphatic rings. The van der Waals surface area contributed by atoms with Crippen molar-refractivity contribution in [2.45, 2.75) is 100 Å². The number of aliphatic hydroxyl groups is 2. The molecule has 54 heavy (non-hydrogen) atoms. The van der Waals surface area contributed by atoms with Crippen LogP contribution in [-0.2, 0) is 42.9 Å². The normalized spacial score (nSPS) is 29.4. The first-order valence-corrected chi connectivity index (χ1v) is 16.8. The van der Waals surface area contributed by atoms with Crippen molar-refractivity contribution in [2.75, 3.05) is 7.11 Å². The van der Waals surface area contributed by atoms with E-state index in [1.165, 1.54) is 31.2 Å². The number of rotatable bonds is 12. The molecule has 0 radical (unpaired) electrons. The Morgan fingerprint density at radius 2 is 1.81 bits per heavy atom. The molecule has 292 valence electrons. The Morgan fingerprint density at radius 3 is 2.44 bits per heavy atom. The zero-order valence-corrected chi connectivity index (χ0v) is 29.2.